The highest BCUT2D eigenvalue weighted by molar-refractivity contribution is 5.81. The van der Waals surface area contributed by atoms with Gasteiger partial charge in [-0.3, -0.25) is 5.10 Å². The summed E-state index contributed by atoms with van der Waals surface area (Å²) in [5, 5.41) is 13.9. The predicted octanol–water partition coefficient (Wildman–Crippen LogP) is 3.44. The number of para-hydroxylation sites is 2. The fourth-order valence-corrected chi connectivity index (χ4v) is 3.46. The van der Waals surface area contributed by atoms with Crippen molar-refractivity contribution in [3.05, 3.63) is 48.9 Å². The quantitative estimate of drug-likeness (QED) is 0.516. The lowest BCUT2D eigenvalue weighted by Crippen LogP contribution is -2.35. The Morgan fingerprint density at radius 1 is 1.07 bits per heavy atom. The number of hydrogen-bond donors (Lipinski definition) is 3. The number of anilines is 1. The van der Waals surface area contributed by atoms with Crippen molar-refractivity contribution in [2.75, 3.05) is 18.4 Å². The smallest absolute Gasteiger partial charge is 0.231 e. The normalized spacial score (nSPS) is 15.3. The van der Waals surface area contributed by atoms with E-state index in [0.717, 1.165) is 59.5 Å². The SMILES string of the molecule is c1ccc2oc(-c3cc(-c4cn[nH]c4)cnc3NC3CCNCC3)nc2c1. The van der Waals surface area contributed by atoms with Gasteiger partial charge in [-0.05, 0) is 44.1 Å². The summed E-state index contributed by atoms with van der Waals surface area (Å²) in [5.41, 5.74) is 4.43. The number of oxazole rings is 1. The van der Waals surface area contributed by atoms with Crippen LogP contribution >= 0.6 is 0 Å². The van der Waals surface area contributed by atoms with E-state index in [1.807, 2.05) is 36.7 Å². The van der Waals surface area contributed by atoms with Crippen molar-refractivity contribution < 1.29 is 4.42 Å². The molecule has 1 aromatic carbocycles. The monoisotopic (exact) mass is 360 g/mol. The average Bonchev–Trinajstić information content (AvgIpc) is 3.39. The van der Waals surface area contributed by atoms with Gasteiger partial charge >= 0.3 is 0 Å². The first-order chi connectivity index (χ1) is 13.4. The summed E-state index contributed by atoms with van der Waals surface area (Å²) in [4.78, 5) is 9.38. The fraction of sp³-hybridized carbons (Fsp3) is 0.250. The Bertz CT molecular complexity index is 1020. The van der Waals surface area contributed by atoms with Crippen molar-refractivity contribution >= 4 is 16.9 Å². The zero-order valence-electron chi connectivity index (χ0n) is 14.8. The van der Waals surface area contributed by atoms with Crippen LogP contribution in [0.3, 0.4) is 0 Å². The van der Waals surface area contributed by atoms with Gasteiger partial charge < -0.3 is 15.1 Å². The van der Waals surface area contributed by atoms with Crippen LogP contribution in [-0.2, 0) is 0 Å². The number of pyridine rings is 1. The molecule has 0 spiro atoms. The number of H-pyrrole nitrogens is 1. The molecule has 1 fully saturated rings. The zero-order valence-corrected chi connectivity index (χ0v) is 14.8. The maximum absolute atomic E-state index is 6.03. The lowest BCUT2D eigenvalue weighted by Gasteiger charge is -2.25. The fourth-order valence-electron chi connectivity index (χ4n) is 3.46. The first kappa shape index (κ1) is 16.0. The van der Waals surface area contributed by atoms with Gasteiger partial charge in [0.1, 0.15) is 11.3 Å². The number of aromatic nitrogens is 4. The Hall–Kier alpha value is -3.19. The van der Waals surface area contributed by atoms with Crippen LogP contribution in [0.4, 0.5) is 5.82 Å². The lowest BCUT2D eigenvalue weighted by atomic mass is 10.1. The highest BCUT2D eigenvalue weighted by Crippen LogP contribution is 2.33. The van der Waals surface area contributed by atoms with Gasteiger partial charge in [-0.2, -0.15) is 5.10 Å². The Morgan fingerprint density at radius 3 is 2.78 bits per heavy atom. The Kier molecular flexibility index (Phi) is 4.06. The molecule has 4 aromatic rings. The summed E-state index contributed by atoms with van der Waals surface area (Å²) in [5.74, 6) is 1.38. The third-order valence-electron chi connectivity index (χ3n) is 4.92. The van der Waals surface area contributed by atoms with E-state index < -0.39 is 0 Å². The zero-order chi connectivity index (χ0) is 18.1. The molecule has 1 saturated heterocycles. The predicted molar refractivity (Wildman–Crippen MR) is 104 cm³/mol. The Labute approximate surface area is 156 Å². The Balaban J connectivity index is 1.59. The van der Waals surface area contributed by atoms with Crippen molar-refractivity contribution in [3.63, 3.8) is 0 Å². The number of benzene rings is 1. The van der Waals surface area contributed by atoms with Crippen LogP contribution in [0.1, 0.15) is 12.8 Å². The third-order valence-corrected chi connectivity index (χ3v) is 4.92. The summed E-state index contributed by atoms with van der Waals surface area (Å²) >= 11 is 0. The molecule has 0 amide bonds. The van der Waals surface area contributed by atoms with Gasteiger partial charge in [0, 0.05) is 29.6 Å². The molecule has 3 N–H and O–H groups in total. The molecule has 0 radical (unpaired) electrons. The average molecular weight is 360 g/mol. The van der Waals surface area contributed by atoms with E-state index in [-0.39, 0.29) is 0 Å². The number of rotatable bonds is 4. The van der Waals surface area contributed by atoms with Gasteiger partial charge in [-0.15, -0.1) is 0 Å². The molecule has 1 aliphatic rings. The van der Waals surface area contributed by atoms with Gasteiger partial charge in [0.05, 0.1) is 11.8 Å². The minimum absolute atomic E-state index is 0.390. The summed E-state index contributed by atoms with van der Waals surface area (Å²) < 4.78 is 6.03. The van der Waals surface area contributed by atoms with Crippen molar-refractivity contribution in [1.29, 1.82) is 0 Å². The third kappa shape index (κ3) is 3.17. The molecule has 7 nitrogen and oxygen atoms in total. The van der Waals surface area contributed by atoms with E-state index in [1.165, 1.54) is 0 Å². The van der Waals surface area contributed by atoms with Crippen LogP contribution < -0.4 is 10.6 Å². The molecule has 0 aliphatic carbocycles. The molecule has 27 heavy (non-hydrogen) atoms. The molecule has 0 atom stereocenters. The molecule has 136 valence electrons. The molecule has 0 unspecified atom stereocenters. The van der Waals surface area contributed by atoms with E-state index in [2.05, 4.69) is 31.9 Å². The maximum Gasteiger partial charge on any atom is 0.231 e. The van der Waals surface area contributed by atoms with E-state index >= 15 is 0 Å². The topological polar surface area (TPSA) is 91.7 Å². The van der Waals surface area contributed by atoms with Crippen molar-refractivity contribution in [2.45, 2.75) is 18.9 Å². The standard InChI is InChI=1S/C20H20N6O/c1-2-4-18-17(3-1)26-20(27-18)16-9-13(14-11-23-24-12-14)10-22-19(16)25-15-5-7-21-8-6-15/h1-4,9-12,15,21H,5-8H2,(H,22,25)(H,23,24). The number of nitrogens with one attached hydrogen (secondary N) is 3. The largest absolute Gasteiger partial charge is 0.436 e. The minimum Gasteiger partial charge on any atom is -0.436 e. The van der Waals surface area contributed by atoms with Crippen molar-refractivity contribution in [3.8, 4) is 22.6 Å². The van der Waals surface area contributed by atoms with Gasteiger partial charge in [0.2, 0.25) is 5.89 Å². The minimum atomic E-state index is 0.390. The van der Waals surface area contributed by atoms with Crippen LogP contribution in [0.15, 0.2) is 53.3 Å². The molecule has 4 heterocycles. The van der Waals surface area contributed by atoms with Crippen molar-refractivity contribution in [2.24, 2.45) is 0 Å². The highest BCUT2D eigenvalue weighted by atomic mass is 16.3. The molecule has 3 aromatic heterocycles. The summed E-state index contributed by atoms with van der Waals surface area (Å²) in [6.45, 7) is 2.03. The molecule has 1 aliphatic heterocycles. The van der Waals surface area contributed by atoms with Gasteiger partial charge in [-0.25, -0.2) is 9.97 Å². The molecule has 5 rings (SSSR count). The lowest BCUT2D eigenvalue weighted by molar-refractivity contribution is 0.478. The van der Waals surface area contributed by atoms with E-state index in [9.17, 15) is 0 Å². The number of piperidine rings is 1. The first-order valence-electron chi connectivity index (χ1n) is 9.19. The van der Waals surface area contributed by atoms with Gasteiger partial charge in [0.25, 0.3) is 0 Å². The van der Waals surface area contributed by atoms with E-state index in [4.69, 9.17) is 9.40 Å². The number of fused-ring (bicyclic) bond motifs is 1. The van der Waals surface area contributed by atoms with Crippen LogP contribution in [0.5, 0.6) is 0 Å². The Morgan fingerprint density at radius 2 is 1.96 bits per heavy atom. The highest BCUT2D eigenvalue weighted by Gasteiger charge is 2.19. The van der Waals surface area contributed by atoms with Crippen LogP contribution in [-0.4, -0.2) is 39.3 Å². The van der Waals surface area contributed by atoms with Crippen molar-refractivity contribution in [1.82, 2.24) is 25.5 Å². The second kappa shape index (κ2) is 6.85. The summed E-state index contributed by atoms with van der Waals surface area (Å²) in [7, 11) is 0. The molecular weight excluding hydrogens is 340 g/mol. The summed E-state index contributed by atoms with van der Waals surface area (Å²) in [6.07, 6.45) is 7.64. The molecule has 0 bridgehead atoms. The van der Waals surface area contributed by atoms with E-state index in [1.54, 1.807) is 6.20 Å². The number of nitrogens with zero attached hydrogens (tertiary/aromatic N) is 3. The molecular formula is C20H20N6O. The maximum atomic E-state index is 6.03. The van der Waals surface area contributed by atoms with Crippen LogP contribution in [0.25, 0.3) is 33.7 Å². The molecule has 7 heteroatoms. The van der Waals surface area contributed by atoms with Crippen LogP contribution in [0.2, 0.25) is 0 Å². The van der Waals surface area contributed by atoms with Crippen LogP contribution in [0, 0.1) is 0 Å². The number of hydrogen-bond acceptors (Lipinski definition) is 6. The number of aromatic amines is 1. The van der Waals surface area contributed by atoms with E-state index in [0.29, 0.717) is 11.9 Å². The molecule has 0 saturated carbocycles. The second-order valence-electron chi connectivity index (χ2n) is 6.76. The second-order valence-corrected chi connectivity index (χ2v) is 6.76. The summed E-state index contributed by atoms with van der Waals surface area (Å²) in [6, 6.07) is 10.2. The van der Waals surface area contributed by atoms with Gasteiger partial charge in [-0.1, -0.05) is 12.1 Å². The first-order valence-corrected chi connectivity index (χ1v) is 9.19. The van der Waals surface area contributed by atoms with Gasteiger partial charge in [0.15, 0.2) is 5.58 Å².